The Hall–Kier alpha value is -2.35. The van der Waals surface area contributed by atoms with Gasteiger partial charge in [-0.05, 0) is 50.5 Å². The fraction of sp³-hybridized carbons (Fsp3) is 0.579. The van der Waals surface area contributed by atoms with Crippen LogP contribution in [-0.2, 0) is 9.53 Å². The Morgan fingerprint density at radius 1 is 1.22 bits per heavy atom. The lowest BCUT2D eigenvalue weighted by molar-refractivity contribution is -0.135. The molecule has 1 fully saturated rings. The standard InChI is InChI=1S/C19H28FN3O4/c1-3-21-18(25)22-19(10-13-26-2)8-11-23(12-9-19)17(24)14-27-16-6-4-15(20)5-7-16/h4-7H,3,8-14H2,1-2H3,(H2,21,22,25). The number of methoxy groups -OCH3 is 1. The molecule has 7 nitrogen and oxygen atoms in total. The van der Waals surface area contributed by atoms with Crippen LogP contribution < -0.4 is 15.4 Å². The maximum absolute atomic E-state index is 12.9. The van der Waals surface area contributed by atoms with Gasteiger partial charge in [-0.25, -0.2) is 9.18 Å². The number of urea groups is 1. The van der Waals surface area contributed by atoms with Crippen LogP contribution >= 0.6 is 0 Å². The van der Waals surface area contributed by atoms with Crippen molar-refractivity contribution >= 4 is 11.9 Å². The Morgan fingerprint density at radius 2 is 1.89 bits per heavy atom. The largest absolute Gasteiger partial charge is 0.484 e. The van der Waals surface area contributed by atoms with Crippen molar-refractivity contribution in [1.29, 1.82) is 0 Å². The quantitative estimate of drug-likeness (QED) is 0.721. The summed E-state index contributed by atoms with van der Waals surface area (Å²) in [6, 6.07) is 5.36. The van der Waals surface area contributed by atoms with Crippen molar-refractivity contribution < 1.29 is 23.5 Å². The Balaban J connectivity index is 1.86. The highest BCUT2D eigenvalue weighted by atomic mass is 19.1. The molecule has 27 heavy (non-hydrogen) atoms. The molecule has 1 heterocycles. The van der Waals surface area contributed by atoms with Crippen molar-refractivity contribution in [2.45, 2.75) is 31.7 Å². The second kappa shape index (κ2) is 10.1. The maximum atomic E-state index is 12.9. The van der Waals surface area contributed by atoms with Crippen LogP contribution in [0.2, 0.25) is 0 Å². The number of likely N-dealkylation sites (tertiary alicyclic amines) is 1. The first-order valence-electron chi connectivity index (χ1n) is 9.19. The van der Waals surface area contributed by atoms with Crippen LogP contribution in [0.15, 0.2) is 24.3 Å². The van der Waals surface area contributed by atoms with Gasteiger partial charge >= 0.3 is 6.03 Å². The number of carbonyl (C=O) groups excluding carboxylic acids is 2. The molecular formula is C19H28FN3O4. The van der Waals surface area contributed by atoms with E-state index < -0.39 is 0 Å². The fourth-order valence-corrected chi connectivity index (χ4v) is 3.13. The Labute approximate surface area is 159 Å². The third-order valence-electron chi connectivity index (χ3n) is 4.75. The first-order valence-corrected chi connectivity index (χ1v) is 9.19. The number of halogens is 1. The molecule has 0 radical (unpaired) electrons. The monoisotopic (exact) mass is 381 g/mol. The minimum absolute atomic E-state index is 0.0968. The van der Waals surface area contributed by atoms with E-state index in [0.717, 1.165) is 0 Å². The second-order valence-electron chi connectivity index (χ2n) is 6.63. The van der Waals surface area contributed by atoms with Crippen molar-refractivity contribution in [3.05, 3.63) is 30.1 Å². The number of piperidine rings is 1. The highest BCUT2D eigenvalue weighted by Gasteiger charge is 2.37. The van der Waals surface area contributed by atoms with Crippen molar-refractivity contribution in [3.63, 3.8) is 0 Å². The number of nitrogens with one attached hydrogen (secondary N) is 2. The minimum atomic E-state index is -0.385. The Kier molecular flexibility index (Phi) is 7.84. The lowest BCUT2D eigenvalue weighted by atomic mass is 9.84. The zero-order chi connectivity index (χ0) is 19.7. The van der Waals surface area contributed by atoms with Crippen LogP contribution in [0.4, 0.5) is 9.18 Å². The normalized spacial score (nSPS) is 15.9. The summed E-state index contributed by atoms with van der Waals surface area (Å²) in [6.45, 7) is 3.92. The lowest BCUT2D eigenvalue weighted by Crippen LogP contribution is -2.58. The summed E-state index contributed by atoms with van der Waals surface area (Å²) in [7, 11) is 1.63. The van der Waals surface area contributed by atoms with Gasteiger partial charge in [0.15, 0.2) is 6.61 Å². The summed E-state index contributed by atoms with van der Waals surface area (Å²) < 4.78 is 23.5. The molecule has 150 valence electrons. The van der Waals surface area contributed by atoms with Crippen LogP contribution in [0, 0.1) is 5.82 Å². The van der Waals surface area contributed by atoms with Gasteiger partial charge in [0.05, 0.1) is 0 Å². The average Bonchev–Trinajstić information content (AvgIpc) is 2.66. The van der Waals surface area contributed by atoms with E-state index >= 15 is 0 Å². The van der Waals surface area contributed by atoms with E-state index in [1.165, 1.54) is 24.3 Å². The highest BCUT2D eigenvalue weighted by Crippen LogP contribution is 2.26. The van der Waals surface area contributed by atoms with Crippen LogP contribution in [0.25, 0.3) is 0 Å². The first-order chi connectivity index (χ1) is 13.0. The van der Waals surface area contributed by atoms with Crippen molar-refractivity contribution in [1.82, 2.24) is 15.5 Å². The van der Waals surface area contributed by atoms with Crippen molar-refractivity contribution in [2.75, 3.05) is 40.0 Å². The molecular weight excluding hydrogens is 353 g/mol. The van der Waals surface area contributed by atoms with E-state index in [-0.39, 0.29) is 29.9 Å². The van der Waals surface area contributed by atoms with Gasteiger partial charge in [0.1, 0.15) is 11.6 Å². The predicted octanol–water partition coefficient (Wildman–Crippen LogP) is 1.92. The van der Waals surface area contributed by atoms with Gasteiger partial charge in [0.25, 0.3) is 5.91 Å². The van der Waals surface area contributed by atoms with Gasteiger partial charge in [-0.1, -0.05) is 0 Å². The molecule has 0 aliphatic carbocycles. The molecule has 0 saturated carbocycles. The molecule has 1 saturated heterocycles. The Bertz CT molecular complexity index is 616. The topological polar surface area (TPSA) is 79.9 Å². The molecule has 2 N–H and O–H groups in total. The molecule has 0 bridgehead atoms. The highest BCUT2D eigenvalue weighted by molar-refractivity contribution is 5.78. The van der Waals surface area contributed by atoms with E-state index in [9.17, 15) is 14.0 Å². The Morgan fingerprint density at radius 3 is 2.48 bits per heavy atom. The van der Waals surface area contributed by atoms with E-state index in [4.69, 9.17) is 9.47 Å². The zero-order valence-corrected chi connectivity index (χ0v) is 15.9. The van der Waals surface area contributed by atoms with Crippen LogP contribution in [0.5, 0.6) is 5.75 Å². The number of hydrogen-bond donors (Lipinski definition) is 2. The summed E-state index contributed by atoms with van der Waals surface area (Å²) in [5.74, 6) is -0.0245. The number of amides is 3. The number of carbonyl (C=O) groups is 2. The summed E-state index contributed by atoms with van der Waals surface area (Å²) >= 11 is 0. The maximum Gasteiger partial charge on any atom is 0.315 e. The predicted molar refractivity (Wildman–Crippen MR) is 99.1 cm³/mol. The average molecular weight is 381 g/mol. The van der Waals surface area contributed by atoms with Gasteiger partial charge < -0.3 is 25.0 Å². The van der Waals surface area contributed by atoms with E-state index in [1.807, 2.05) is 6.92 Å². The molecule has 1 aromatic rings. The summed E-state index contributed by atoms with van der Waals surface area (Å²) in [5, 5.41) is 5.81. The van der Waals surface area contributed by atoms with Crippen LogP contribution in [0.3, 0.4) is 0 Å². The van der Waals surface area contributed by atoms with Crippen LogP contribution in [-0.4, -0.2) is 62.3 Å². The van der Waals surface area contributed by atoms with Gasteiger partial charge in [-0.15, -0.1) is 0 Å². The molecule has 0 spiro atoms. The molecule has 1 aliphatic rings. The van der Waals surface area contributed by atoms with Gasteiger partial charge in [0.2, 0.25) is 0 Å². The number of ether oxygens (including phenoxy) is 2. The number of nitrogens with zero attached hydrogens (tertiary/aromatic N) is 1. The smallest absolute Gasteiger partial charge is 0.315 e. The molecule has 8 heteroatoms. The fourth-order valence-electron chi connectivity index (χ4n) is 3.13. The van der Waals surface area contributed by atoms with E-state index in [1.54, 1.807) is 12.0 Å². The van der Waals surface area contributed by atoms with Gasteiger partial charge in [0, 0.05) is 38.9 Å². The molecule has 0 aromatic heterocycles. The summed E-state index contributed by atoms with van der Waals surface area (Å²) in [5.41, 5.74) is -0.385. The van der Waals surface area contributed by atoms with Crippen molar-refractivity contribution in [2.24, 2.45) is 0 Å². The zero-order valence-electron chi connectivity index (χ0n) is 15.9. The molecule has 3 amide bonds. The minimum Gasteiger partial charge on any atom is -0.484 e. The molecule has 0 unspecified atom stereocenters. The van der Waals surface area contributed by atoms with E-state index in [0.29, 0.717) is 51.3 Å². The third-order valence-corrected chi connectivity index (χ3v) is 4.75. The summed E-state index contributed by atoms with van der Waals surface area (Å²) in [4.78, 5) is 26.1. The third kappa shape index (κ3) is 6.39. The van der Waals surface area contributed by atoms with Gasteiger partial charge in [-0.3, -0.25) is 4.79 Å². The lowest BCUT2D eigenvalue weighted by Gasteiger charge is -2.42. The molecule has 1 aromatic carbocycles. The molecule has 2 rings (SSSR count). The second-order valence-corrected chi connectivity index (χ2v) is 6.63. The number of benzene rings is 1. The van der Waals surface area contributed by atoms with E-state index in [2.05, 4.69) is 10.6 Å². The summed E-state index contributed by atoms with van der Waals surface area (Å²) in [6.07, 6.45) is 1.99. The molecule has 0 atom stereocenters. The van der Waals surface area contributed by atoms with Gasteiger partial charge in [-0.2, -0.15) is 0 Å². The first kappa shape index (κ1) is 21.0. The number of rotatable bonds is 8. The molecule has 1 aliphatic heterocycles. The number of hydrogen-bond acceptors (Lipinski definition) is 4. The van der Waals surface area contributed by atoms with Crippen LogP contribution in [0.1, 0.15) is 26.2 Å². The van der Waals surface area contributed by atoms with Crippen molar-refractivity contribution in [3.8, 4) is 5.75 Å². The SMILES string of the molecule is CCNC(=O)NC1(CCOC)CCN(C(=O)COc2ccc(F)cc2)CC1.